The van der Waals surface area contributed by atoms with E-state index < -0.39 is 0 Å². The van der Waals surface area contributed by atoms with Gasteiger partial charge in [0.2, 0.25) is 5.76 Å². The zero-order valence-corrected chi connectivity index (χ0v) is 15.3. The number of rotatable bonds is 4. The molecule has 0 atom stereocenters. The van der Waals surface area contributed by atoms with Crippen LogP contribution in [0.3, 0.4) is 0 Å². The summed E-state index contributed by atoms with van der Waals surface area (Å²) in [5.41, 5.74) is 2.68. The average molecular weight is 368 g/mol. The number of carbonyl (C=O) groups is 1. The van der Waals surface area contributed by atoms with Crippen molar-refractivity contribution in [2.75, 3.05) is 18.4 Å². The Morgan fingerprint density at radius 3 is 2.96 bits per heavy atom. The van der Waals surface area contributed by atoms with E-state index in [0.717, 1.165) is 42.2 Å². The van der Waals surface area contributed by atoms with Crippen molar-refractivity contribution in [2.45, 2.75) is 25.7 Å². The fraction of sp³-hybridized carbons (Fsp3) is 0.316. The van der Waals surface area contributed by atoms with Crippen molar-refractivity contribution < 1.29 is 9.21 Å². The molecule has 4 rings (SSSR count). The van der Waals surface area contributed by atoms with E-state index in [1.54, 1.807) is 11.3 Å². The molecule has 2 N–H and O–H groups in total. The summed E-state index contributed by atoms with van der Waals surface area (Å²) >= 11 is 1.59. The lowest BCUT2D eigenvalue weighted by Crippen LogP contribution is -2.26. The maximum absolute atomic E-state index is 12.5. The normalized spacial score (nSPS) is 15.1. The van der Waals surface area contributed by atoms with Gasteiger partial charge in [0.05, 0.1) is 6.20 Å². The lowest BCUT2D eigenvalue weighted by atomic mass is 9.98. The topological polar surface area (TPSA) is 80.0 Å². The van der Waals surface area contributed by atoms with E-state index in [1.807, 2.05) is 36.6 Å². The van der Waals surface area contributed by atoms with E-state index in [4.69, 9.17) is 4.42 Å². The fourth-order valence-electron chi connectivity index (χ4n) is 3.06. The zero-order chi connectivity index (χ0) is 17.9. The molecule has 1 aliphatic rings. The third-order valence-corrected chi connectivity index (χ3v) is 5.43. The lowest BCUT2D eigenvalue weighted by Gasteiger charge is -2.19. The summed E-state index contributed by atoms with van der Waals surface area (Å²) in [6.07, 6.45) is 3.48. The number of nitrogens with zero attached hydrogens (tertiary/aromatic N) is 2. The van der Waals surface area contributed by atoms with Crippen molar-refractivity contribution in [1.29, 1.82) is 0 Å². The quantitative estimate of drug-likeness (QED) is 0.732. The molecule has 1 amide bonds. The Labute approximate surface area is 155 Å². The molecule has 1 saturated heterocycles. The second kappa shape index (κ2) is 7.39. The van der Waals surface area contributed by atoms with Crippen molar-refractivity contribution >= 4 is 22.9 Å². The van der Waals surface area contributed by atoms with E-state index in [2.05, 4.69) is 20.6 Å². The van der Waals surface area contributed by atoms with E-state index >= 15 is 0 Å². The van der Waals surface area contributed by atoms with Gasteiger partial charge in [0.25, 0.3) is 5.91 Å². The van der Waals surface area contributed by atoms with E-state index in [1.165, 1.54) is 6.20 Å². The monoisotopic (exact) mass is 368 g/mol. The molecule has 0 aliphatic carbocycles. The minimum absolute atomic E-state index is 0.244. The molecule has 0 saturated carbocycles. The molecule has 3 heterocycles. The number of piperidine rings is 1. The van der Waals surface area contributed by atoms with Gasteiger partial charge in [-0.3, -0.25) is 4.79 Å². The highest BCUT2D eigenvalue weighted by Crippen LogP contribution is 2.27. The molecule has 0 bridgehead atoms. The molecule has 26 heavy (non-hydrogen) atoms. The average Bonchev–Trinajstić information content (AvgIpc) is 3.32. The molecular formula is C19H20N4O2S. The van der Waals surface area contributed by atoms with Crippen molar-refractivity contribution in [1.82, 2.24) is 15.3 Å². The number of anilines is 1. The van der Waals surface area contributed by atoms with Crippen molar-refractivity contribution in [2.24, 2.45) is 0 Å². The van der Waals surface area contributed by atoms with Crippen LogP contribution >= 0.6 is 11.3 Å². The number of hydrogen-bond acceptors (Lipinski definition) is 6. The summed E-state index contributed by atoms with van der Waals surface area (Å²) < 4.78 is 5.71. The van der Waals surface area contributed by atoms with Gasteiger partial charge >= 0.3 is 0 Å². The minimum Gasteiger partial charge on any atom is -0.435 e. The molecule has 7 heteroatoms. The number of nitrogens with one attached hydrogen (secondary N) is 2. The van der Waals surface area contributed by atoms with Gasteiger partial charge in [0.15, 0.2) is 5.89 Å². The molecular weight excluding hydrogens is 348 g/mol. The molecule has 0 radical (unpaired) electrons. The summed E-state index contributed by atoms with van der Waals surface area (Å²) in [5, 5.41) is 9.15. The number of aromatic nitrogens is 2. The fourth-order valence-corrected chi connectivity index (χ4v) is 3.85. The number of amides is 1. The number of benzene rings is 1. The van der Waals surface area contributed by atoms with Crippen LogP contribution in [0, 0.1) is 6.92 Å². The van der Waals surface area contributed by atoms with E-state index in [9.17, 15) is 4.79 Å². The third kappa shape index (κ3) is 3.68. The van der Waals surface area contributed by atoms with Crippen LogP contribution in [0.15, 0.2) is 40.3 Å². The highest BCUT2D eigenvalue weighted by Gasteiger charge is 2.22. The van der Waals surface area contributed by atoms with Gasteiger partial charge in [-0.25, -0.2) is 9.97 Å². The van der Waals surface area contributed by atoms with Crippen LogP contribution in [0.25, 0.3) is 10.6 Å². The molecule has 2 aromatic heterocycles. The first-order chi connectivity index (χ1) is 12.7. The summed E-state index contributed by atoms with van der Waals surface area (Å²) in [5.74, 6) is 0.900. The zero-order valence-electron chi connectivity index (χ0n) is 14.5. The molecule has 1 aromatic carbocycles. The first-order valence-corrected chi connectivity index (χ1v) is 9.57. The minimum atomic E-state index is -0.287. The van der Waals surface area contributed by atoms with Crippen molar-refractivity contribution in [3.63, 3.8) is 0 Å². The first-order valence-electron chi connectivity index (χ1n) is 8.69. The first kappa shape index (κ1) is 16.9. The molecule has 3 aromatic rings. The summed E-state index contributed by atoms with van der Waals surface area (Å²) in [6.45, 7) is 3.88. The van der Waals surface area contributed by atoms with Crippen molar-refractivity contribution in [3.8, 4) is 10.6 Å². The highest BCUT2D eigenvalue weighted by atomic mass is 32.1. The smallest absolute Gasteiger partial charge is 0.293 e. The Bertz CT molecular complexity index is 912. The van der Waals surface area contributed by atoms with Crippen LogP contribution in [0.1, 0.15) is 40.9 Å². The van der Waals surface area contributed by atoms with E-state index in [0.29, 0.717) is 11.6 Å². The largest absolute Gasteiger partial charge is 0.435 e. The van der Waals surface area contributed by atoms with Crippen LogP contribution in [0.2, 0.25) is 0 Å². The molecule has 0 spiro atoms. The van der Waals surface area contributed by atoms with Gasteiger partial charge in [-0.05, 0) is 45.0 Å². The summed E-state index contributed by atoms with van der Waals surface area (Å²) in [4.78, 5) is 21.3. The Kier molecular flexibility index (Phi) is 4.81. The van der Waals surface area contributed by atoms with Crippen LogP contribution < -0.4 is 10.6 Å². The SMILES string of the molecule is Cc1csc(-c2cccc(NC(=O)c3cnc(C4CCNCC4)o3)c2)n1. The van der Waals surface area contributed by atoms with Crippen molar-refractivity contribution in [3.05, 3.63) is 53.2 Å². The van der Waals surface area contributed by atoms with E-state index in [-0.39, 0.29) is 17.6 Å². The Morgan fingerprint density at radius 1 is 1.35 bits per heavy atom. The molecule has 1 fully saturated rings. The lowest BCUT2D eigenvalue weighted by molar-refractivity contribution is 0.0994. The second-order valence-corrected chi connectivity index (χ2v) is 7.27. The van der Waals surface area contributed by atoms with Gasteiger partial charge in [0.1, 0.15) is 5.01 Å². The number of carbonyl (C=O) groups excluding carboxylic acids is 1. The Hall–Kier alpha value is -2.51. The number of thiazole rings is 1. The van der Waals surface area contributed by atoms with Gasteiger partial charge < -0.3 is 15.1 Å². The third-order valence-electron chi connectivity index (χ3n) is 4.42. The van der Waals surface area contributed by atoms with Gasteiger partial charge in [-0.15, -0.1) is 11.3 Å². The summed E-state index contributed by atoms with van der Waals surface area (Å²) in [7, 11) is 0. The Balaban J connectivity index is 1.47. The molecule has 1 aliphatic heterocycles. The maximum Gasteiger partial charge on any atom is 0.293 e. The number of aryl methyl sites for hydroxylation is 1. The van der Waals surface area contributed by atoms with Crippen LogP contribution in [0.4, 0.5) is 5.69 Å². The predicted molar refractivity (Wildman–Crippen MR) is 102 cm³/mol. The standard InChI is InChI=1S/C19H20N4O2S/c1-12-11-26-19(22-12)14-3-2-4-15(9-14)23-17(24)16-10-21-18(25-16)13-5-7-20-8-6-13/h2-4,9-11,13,20H,5-8H2,1H3,(H,23,24). The van der Waals surface area contributed by atoms with Gasteiger partial charge in [-0.2, -0.15) is 0 Å². The second-order valence-electron chi connectivity index (χ2n) is 6.42. The molecule has 6 nitrogen and oxygen atoms in total. The highest BCUT2D eigenvalue weighted by molar-refractivity contribution is 7.13. The summed E-state index contributed by atoms with van der Waals surface area (Å²) in [6, 6.07) is 7.66. The molecule has 134 valence electrons. The van der Waals surface area contributed by atoms with Crippen LogP contribution in [0.5, 0.6) is 0 Å². The Morgan fingerprint density at radius 2 is 2.19 bits per heavy atom. The van der Waals surface area contributed by atoms with Crippen LogP contribution in [-0.4, -0.2) is 29.0 Å². The van der Waals surface area contributed by atoms with Crippen LogP contribution in [-0.2, 0) is 0 Å². The number of hydrogen-bond donors (Lipinski definition) is 2. The number of oxazole rings is 1. The molecule has 0 unspecified atom stereocenters. The van der Waals surface area contributed by atoms with Gasteiger partial charge in [-0.1, -0.05) is 12.1 Å². The maximum atomic E-state index is 12.5. The predicted octanol–water partition coefficient (Wildman–Crippen LogP) is 3.83. The van der Waals surface area contributed by atoms with Gasteiger partial charge in [0, 0.05) is 28.2 Å².